The molecule has 0 radical (unpaired) electrons. The summed E-state index contributed by atoms with van der Waals surface area (Å²) >= 11 is 0. The topological polar surface area (TPSA) is 7.68 Å². The number of anilines is 1. The number of para-hydroxylation sites is 1. The lowest BCUT2D eigenvalue weighted by molar-refractivity contribution is -0.904. The van der Waals surface area contributed by atoms with E-state index in [1.54, 1.807) is 17.0 Å². The van der Waals surface area contributed by atoms with Crippen molar-refractivity contribution in [1.82, 2.24) is 0 Å². The minimum Gasteiger partial charge on any atom is -0.358 e. The third kappa shape index (κ3) is 2.59. The Kier molecular flexibility index (Phi) is 3.46. The van der Waals surface area contributed by atoms with Crippen molar-refractivity contribution in [3.8, 4) is 0 Å². The number of nitrogens with one attached hydrogen (secondary N) is 1. The van der Waals surface area contributed by atoms with Crippen LogP contribution in [0.2, 0.25) is 0 Å². The maximum absolute atomic E-state index is 13.8. The first-order valence-electron chi connectivity index (χ1n) is 8.31. The zero-order chi connectivity index (χ0) is 14.2. The van der Waals surface area contributed by atoms with Crippen LogP contribution in [-0.2, 0) is 0 Å². The molecule has 3 atom stereocenters. The van der Waals surface area contributed by atoms with Crippen LogP contribution in [0.4, 0.5) is 10.1 Å². The highest BCUT2D eigenvalue weighted by Crippen LogP contribution is 2.42. The van der Waals surface area contributed by atoms with Crippen molar-refractivity contribution >= 4 is 5.69 Å². The van der Waals surface area contributed by atoms with Crippen molar-refractivity contribution in [2.45, 2.75) is 12.8 Å². The Labute approximate surface area is 126 Å². The fourth-order valence-corrected chi connectivity index (χ4v) is 4.48. The first-order chi connectivity index (χ1) is 10.3. The monoisotopic (exact) mass is 287 g/mol. The lowest BCUT2D eigenvalue weighted by atomic mass is 9.93. The molecule has 0 aromatic heterocycles. The Balaban J connectivity index is 1.33. The molecule has 0 spiro atoms. The van der Waals surface area contributed by atoms with Crippen molar-refractivity contribution in [2.75, 3.05) is 37.6 Å². The smallest absolute Gasteiger partial charge is 0.146 e. The number of benzene rings is 1. The van der Waals surface area contributed by atoms with Crippen LogP contribution in [-0.4, -0.2) is 32.7 Å². The summed E-state index contributed by atoms with van der Waals surface area (Å²) in [6, 6.07) is 7.17. The van der Waals surface area contributed by atoms with E-state index >= 15 is 0 Å². The molecule has 3 heteroatoms. The average molecular weight is 287 g/mol. The molecule has 1 aromatic rings. The molecule has 21 heavy (non-hydrogen) atoms. The van der Waals surface area contributed by atoms with Gasteiger partial charge < -0.3 is 9.80 Å². The molecule has 1 aromatic carbocycles. The zero-order valence-electron chi connectivity index (χ0n) is 12.5. The third-order valence-electron chi connectivity index (χ3n) is 5.63. The molecular formula is C18H24FN2+. The lowest BCUT2D eigenvalue weighted by Crippen LogP contribution is -3.15. The molecule has 0 amide bonds. The molecule has 112 valence electrons. The van der Waals surface area contributed by atoms with Crippen molar-refractivity contribution in [1.29, 1.82) is 0 Å². The summed E-state index contributed by atoms with van der Waals surface area (Å²) < 4.78 is 13.8. The summed E-state index contributed by atoms with van der Waals surface area (Å²) in [6.07, 6.45) is 7.68. The van der Waals surface area contributed by atoms with Gasteiger partial charge in [-0.1, -0.05) is 24.3 Å². The molecule has 1 saturated heterocycles. The summed E-state index contributed by atoms with van der Waals surface area (Å²) in [6.45, 7) is 5.56. The van der Waals surface area contributed by atoms with Gasteiger partial charge in [0.05, 0.1) is 38.4 Å². The van der Waals surface area contributed by atoms with Crippen LogP contribution in [0.3, 0.4) is 0 Å². The second kappa shape index (κ2) is 5.45. The van der Waals surface area contributed by atoms with E-state index in [1.165, 1.54) is 19.4 Å². The molecule has 2 fully saturated rings. The number of rotatable bonds is 3. The van der Waals surface area contributed by atoms with Gasteiger partial charge in [0.15, 0.2) is 0 Å². The Hall–Kier alpha value is -1.35. The number of hydrogen-bond donors (Lipinski definition) is 1. The highest BCUT2D eigenvalue weighted by atomic mass is 19.1. The van der Waals surface area contributed by atoms with Gasteiger partial charge in [-0.2, -0.15) is 0 Å². The lowest BCUT2D eigenvalue weighted by Gasteiger charge is -2.35. The molecule has 1 N–H and O–H groups in total. The molecular weight excluding hydrogens is 263 g/mol. The second-order valence-electron chi connectivity index (χ2n) is 6.93. The van der Waals surface area contributed by atoms with Gasteiger partial charge in [-0.3, -0.25) is 0 Å². The van der Waals surface area contributed by atoms with E-state index in [0.29, 0.717) is 0 Å². The Morgan fingerprint density at radius 1 is 1.10 bits per heavy atom. The van der Waals surface area contributed by atoms with Gasteiger partial charge in [0.1, 0.15) is 5.82 Å². The Bertz CT molecular complexity index is 534. The van der Waals surface area contributed by atoms with Crippen LogP contribution in [0, 0.1) is 23.6 Å². The predicted octanol–water partition coefficient (Wildman–Crippen LogP) is 1.74. The van der Waals surface area contributed by atoms with Gasteiger partial charge in [-0.25, -0.2) is 4.39 Å². The molecule has 2 nitrogen and oxygen atoms in total. The molecule has 1 aliphatic heterocycles. The van der Waals surface area contributed by atoms with Crippen LogP contribution in [0.15, 0.2) is 36.4 Å². The van der Waals surface area contributed by atoms with Gasteiger partial charge in [-0.15, -0.1) is 0 Å². The maximum atomic E-state index is 13.8. The minimum atomic E-state index is -0.0841. The summed E-state index contributed by atoms with van der Waals surface area (Å²) in [5, 5.41) is 0. The van der Waals surface area contributed by atoms with Crippen LogP contribution in [0.25, 0.3) is 0 Å². The van der Waals surface area contributed by atoms with Gasteiger partial charge in [0.2, 0.25) is 0 Å². The SMILES string of the molecule is Fc1ccccc1N1CC[NH+](C[C@H]2C[C@H]3C=C[C@@H]2C3)CC1. The van der Waals surface area contributed by atoms with E-state index in [-0.39, 0.29) is 5.82 Å². The number of nitrogens with zero attached hydrogens (tertiary/aromatic N) is 1. The third-order valence-corrected chi connectivity index (χ3v) is 5.63. The Morgan fingerprint density at radius 2 is 1.90 bits per heavy atom. The fraction of sp³-hybridized carbons (Fsp3) is 0.556. The predicted molar refractivity (Wildman–Crippen MR) is 83.0 cm³/mol. The first kappa shape index (κ1) is 13.3. The van der Waals surface area contributed by atoms with Crippen molar-refractivity contribution in [2.24, 2.45) is 17.8 Å². The van der Waals surface area contributed by atoms with Gasteiger partial charge in [0.25, 0.3) is 0 Å². The molecule has 1 saturated carbocycles. The van der Waals surface area contributed by atoms with Gasteiger partial charge in [-0.05, 0) is 36.8 Å². The highest BCUT2D eigenvalue weighted by molar-refractivity contribution is 5.47. The quantitative estimate of drug-likeness (QED) is 0.832. The highest BCUT2D eigenvalue weighted by Gasteiger charge is 2.38. The number of fused-ring (bicyclic) bond motifs is 2. The van der Waals surface area contributed by atoms with Crippen molar-refractivity contribution in [3.63, 3.8) is 0 Å². The number of halogens is 1. The fourth-order valence-electron chi connectivity index (χ4n) is 4.48. The van der Waals surface area contributed by atoms with Gasteiger partial charge >= 0.3 is 0 Å². The van der Waals surface area contributed by atoms with Gasteiger partial charge in [0, 0.05) is 5.92 Å². The van der Waals surface area contributed by atoms with E-state index < -0.39 is 0 Å². The van der Waals surface area contributed by atoms with E-state index in [2.05, 4.69) is 17.1 Å². The van der Waals surface area contributed by atoms with Crippen LogP contribution >= 0.6 is 0 Å². The van der Waals surface area contributed by atoms with Crippen LogP contribution in [0.1, 0.15) is 12.8 Å². The molecule has 2 aliphatic carbocycles. The van der Waals surface area contributed by atoms with Crippen LogP contribution in [0.5, 0.6) is 0 Å². The van der Waals surface area contributed by atoms with E-state index in [4.69, 9.17) is 0 Å². The minimum absolute atomic E-state index is 0.0841. The van der Waals surface area contributed by atoms with Crippen molar-refractivity contribution in [3.05, 3.63) is 42.2 Å². The standard InChI is InChI=1S/C18H23FN2/c19-17-3-1-2-4-18(17)21-9-7-20(8-10-21)13-16-12-14-5-6-15(16)11-14/h1-6,14-16H,7-13H2/p+1/t14-,15+,16+/m0/s1. The summed E-state index contributed by atoms with van der Waals surface area (Å²) in [7, 11) is 0. The number of piperazine rings is 1. The van der Waals surface area contributed by atoms with Crippen LogP contribution < -0.4 is 9.80 Å². The second-order valence-corrected chi connectivity index (χ2v) is 6.93. The van der Waals surface area contributed by atoms with E-state index in [0.717, 1.165) is 49.6 Å². The summed E-state index contributed by atoms with van der Waals surface area (Å²) in [5.74, 6) is 2.54. The molecule has 4 rings (SSSR count). The molecule has 0 unspecified atom stereocenters. The summed E-state index contributed by atoms with van der Waals surface area (Å²) in [4.78, 5) is 3.92. The number of allylic oxidation sites excluding steroid dienone is 2. The number of hydrogen-bond acceptors (Lipinski definition) is 1. The molecule has 2 bridgehead atoms. The average Bonchev–Trinajstić information content (AvgIpc) is 3.11. The largest absolute Gasteiger partial charge is 0.358 e. The van der Waals surface area contributed by atoms with E-state index in [9.17, 15) is 4.39 Å². The summed E-state index contributed by atoms with van der Waals surface area (Å²) in [5.41, 5.74) is 0.777. The Morgan fingerprint density at radius 3 is 2.57 bits per heavy atom. The normalized spacial score (nSPS) is 32.0. The first-order valence-corrected chi connectivity index (χ1v) is 8.31. The van der Waals surface area contributed by atoms with E-state index in [1.807, 2.05) is 12.1 Å². The number of quaternary nitrogens is 1. The molecule has 1 heterocycles. The zero-order valence-corrected chi connectivity index (χ0v) is 12.5. The van der Waals surface area contributed by atoms with Crippen molar-refractivity contribution < 1.29 is 9.29 Å². The maximum Gasteiger partial charge on any atom is 0.146 e. The molecule has 3 aliphatic rings.